The van der Waals surface area contributed by atoms with E-state index in [2.05, 4.69) is 21.8 Å². The monoisotopic (exact) mass is 448 g/mol. The second-order valence-corrected chi connectivity index (χ2v) is 10.4. The number of carbonyl (C=O) groups excluding carboxylic acids is 1. The van der Waals surface area contributed by atoms with Gasteiger partial charge in [0, 0.05) is 17.5 Å². The Morgan fingerprint density at radius 3 is 2.42 bits per heavy atom. The zero-order chi connectivity index (χ0) is 22.8. The lowest BCUT2D eigenvalue weighted by molar-refractivity contribution is 0.00764. The molecule has 172 valence electrons. The van der Waals surface area contributed by atoms with Gasteiger partial charge >= 0.3 is 5.97 Å². The molecular formula is C23H36N4O3S. The SMILES string of the molecule is Cc1nc2sc(C(=O)OC(C)(C)C)c(N)c2c(C)c1OCCN1CCCN(C)CCC1. The molecule has 3 heterocycles. The van der Waals surface area contributed by atoms with E-state index in [4.69, 9.17) is 15.2 Å². The highest BCUT2D eigenvalue weighted by Crippen LogP contribution is 2.40. The molecule has 1 aliphatic rings. The molecule has 0 bridgehead atoms. The standard InChI is InChI=1S/C23H36N4O3S/c1-15-17-18(24)20(22(28)30-23(3,4)5)31-21(17)25-16(2)19(15)29-14-13-27-11-7-9-26(6)10-8-12-27/h7-14,24H2,1-6H3. The van der Waals surface area contributed by atoms with Crippen molar-refractivity contribution < 1.29 is 14.3 Å². The zero-order valence-corrected chi connectivity index (χ0v) is 20.5. The number of nitrogen functional groups attached to an aromatic ring is 1. The highest BCUT2D eigenvalue weighted by molar-refractivity contribution is 7.21. The number of rotatable bonds is 5. The largest absolute Gasteiger partial charge is 0.490 e. The smallest absolute Gasteiger partial charge is 0.351 e. The van der Waals surface area contributed by atoms with E-state index in [9.17, 15) is 4.79 Å². The molecule has 0 aromatic carbocycles. The molecule has 2 aromatic rings. The Morgan fingerprint density at radius 2 is 1.81 bits per heavy atom. The van der Waals surface area contributed by atoms with Crippen molar-refractivity contribution in [2.75, 3.05) is 52.1 Å². The maximum atomic E-state index is 12.6. The predicted octanol–water partition coefficient (Wildman–Crippen LogP) is 3.86. The van der Waals surface area contributed by atoms with E-state index in [1.807, 2.05) is 34.6 Å². The third-order valence-corrected chi connectivity index (χ3v) is 6.59. The van der Waals surface area contributed by atoms with Crippen molar-refractivity contribution in [1.82, 2.24) is 14.8 Å². The Balaban J connectivity index is 1.74. The number of anilines is 1. The molecule has 1 aliphatic heterocycles. The molecule has 1 saturated heterocycles. The summed E-state index contributed by atoms with van der Waals surface area (Å²) in [6.45, 7) is 15.4. The lowest BCUT2D eigenvalue weighted by Gasteiger charge is -2.28. The van der Waals surface area contributed by atoms with Crippen molar-refractivity contribution in [1.29, 1.82) is 0 Å². The van der Waals surface area contributed by atoms with Crippen LogP contribution in [0.15, 0.2) is 0 Å². The van der Waals surface area contributed by atoms with Crippen molar-refractivity contribution >= 4 is 33.2 Å². The van der Waals surface area contributed by atoms with Crippen LogP contribution in [0.1, 0.15) is 54.5 Å². The quantitative estimate of drug-likeness (QED) is 0.696. The van der Waals surface area contributed by atoms with Gasteiger partial charge in [0.05, 0.1) is 11.4 Å². The summed E-state index contributed by atoms with van der Waals surface area (Å²) in [5.41, 5.74) is 7.97. The van der Waals surface area contributed by atoms with E-state index in [1.54, 1.807) is 0 Å². The minimum absolute atomic E-state index is 0.405. The van der Waals surface area contributed by atoms with Crippen LogP contribution in [0.5, 0.6) is 5.75 Å². The van der Waals surface area contributed by atoms with Gasteiger partial charge in [-0.25, -0.2) is 9.78 Å². The molecule has 0 saturated carbocycles. The van der Waals surface area contributed by atoms with Crippen LogP contribution in [0.4, 0.5) is 5.69 Å². The Labute approximate surface area is 189 Å². The second-order valence-electron chi connectivity index (χ2n) is 9.38. The van der Waals surface area contributed by atoms with Crippen LogP contribution in [0.25, 0.3) is 10.2 Å². The third-order valence-electron chi connectivity index (χ3n) is 5.51. The summed E-state index contributed by atoms with van der Waals surface area (Å²) < 4.78 is 11.7. The number of pyridine rings is 1. The topological polar surface area (TPSA) is 80.9 Å². The zero-order valence-electron chi connectivity index (χ0n) is 19.7. The average molecular weight is 449 g/mol. The van der Waals surface area contributed by atoms with Gasteiger partial charge < -0.3 is 20.1 Å². The first-order valence-corrected chi connectivity index (χ1v) is 11.8. The summed E-state index contributed by atoms with van der Waals surface area (Å²) in [5, 5.41) is 0.792. The number of hydrogen-bond donors (Lipinski definition) is 1. The van der Waals surface area contributed by atoms with Crippen molar-refractivity contribution in [3.05, 3.63) is 16.1 Å². The summed E-state index contributed by atoms with van der Waals surface area (Å²) in [5.74, 6) is 0.356. The highest BCUT2D eigenvalue weighted by atomic mass is 32.1. The molecule has 0 radical (unpaired) electrons. The average Bonchev–Trinajstić information content (AvgIpc) is 2.97. The number of aryl methyl sites for hydroxylation is 2. The van der Waals surface area contributed by atoms with Gasteiger partial charge in [-0.3, -0.25) is 4.90 Å². The van der Waals surface area contributed by atoms with E-state index in [0.717, 1.165) is 59.9 Å². The van der Waals surface area contributed by atoms with Crippen molar-refractivity contribution in [3.63, 3.8) is 0 Å². The van der Waals surface area contributed by atoms with Crippen LogP contribution in [0.2, 0.25) is 0 Å². The predicted molar refractivity (Wildman–Crippen MR) is 127 cm³/mol. The molecule has 7 nitrogen and oxygen atoms in total. The highest BCUT2D eigenvalue weighted by Gasteiger charge is 2.26. The normalized spacial score (nSPS) is 16.8. The molecular weight excluding hydrogens is 412 g/mol. The minimum atomic E-state index is -0.575. The first-order chi connectivity index (χ1) is 14.6. The number of nitrogens with zero attached hydrogens (tertiary/aromatic N) is 3. The summed E-state index contributed by atoms with van der Waals surface area (Å²) in [6, 6.07) is 0. The molecule has 0 unspecified atom stereocenters. The van der Waals surface area contributed by atoms with Crippen molar-refractivity contribution in [2.24, 2.45) is 0 Å². The molecule has 0 aliphatic carbocycles. The fraction of sp³-hybridized carbons (Fsp3) is 0.652. The Morgan fingerprint density at radius 1 is 1.16 bits per heavy atom. The van der Waals surface area contributed by atoms with Crippen LogP contribution in [-0.2, 0) is 4.74 Å². The number of hydrogen-bond acceptors (Lipinski definition) is 8. The maximum Gasteiger partial charge on any atom is 0.351 e. The Bertz CT molecular complexity index is 925. The first-order valence-electron chi connectivity index (χ1n) is 11.0. The number of aromatic nitrogens is 1. The Hall–Kier alpha value is -1.90. The molecule has 3 rings (SSSR count). The van der Waals surface area contributed by atoms with Gasteiger partial charge in [0.15, 0.2) is 0 Å². The fourth-order valence-corrected chi connectivity index (χ4v) is 5.08. The van der Waals surface area contributed by atoms with Gasteiger partial charge in [0.1, 0.15) is 27.7 Å². The summed E-state index contributed by atoms with van der Waals surface area (Å²) in [7, 11) is 2.19. The number of ether oxygens (including phenoxy) is 2. The van der Waals surface area contributed by atoms with Crippen molar-refractivity contribution in [2.45, 2.75) is 53.1 Å². The molecule has 0 atom stereocenters. The minimum Gasteiger partial charge on any atom is -0.490 e. The summed E-state index contributed by atoms with van der Waals surface area (Å²) >= 11 is 1.28. The molecule has 2 aromatic heterocycles. The number of esters is 1. The molecule has 0 amide bonds. The number of thiophene rings is 1. The molecule has 1 fully saturated rings. The van der Waals surface area contributed by atoms with Gasteiger partial charge in [-0.15, -0.1) is 11.3 Å². The molecule has 8 heteroatoms. The number of fused-ring (bicyclic) bond motifs is 1. The molecule has 31 heavy (non-hydrogen) atoms. The van der Waals surface area contributed by atoms with Gasteiger partial charge in [0.2, 0.25) is 0 Å². The lowest BCUT2D eigenvalue weighted by atomic mass is 10.1. The van der Waals surface area contributed by atoms with E-state index in [-0.39, 0.29) is 0 Å². The van der Waals surface area contributed by atoms with Gasteiger partial charge in [-0.2, -0.15) is 0 Å². The third kappa shape index (κ3) is 5.87. The van der Waals surface area contributed by atoms with Crippen LogP contribution in [0, 0.1) is 13.8 Å². The first kappa shape index (κ1) is 23.8. The second kappa shape index (κ2) is 9.71. The van der Waals surface area contributed by atoms with Crippen LogP contribution >= 0.6 is 11.3 Å². The van der Waals surface area contributed by atoms with E-state index in [0.29, 0.717) is 17.2 Å². The van der Waals surface area contributed by atoms with Gasteiger partial charge in [-0.05, 0) is 80.7 Å². The van der Waals surface area contributed by atoms with Crippen molar-refractivity contribution in [3.8, 4) is 5.75 Å². The lowest BCUT2D eigenvalue weighted by Crippen LogP contribution is -2.37. The fourth-order valence-electron chi connectivity index (χ4n) is 4.00. The number of nitrogens with two attached hydrogens (primary N) is 1. The van der Waals surface area contributed by atoms with E-state index < -0.39 is 11.6 Å². The van der Waals surface area contributed by atoms with E-state index >= 15 is 0 Å². The molecule has 0 spiro atoms. The van der Waals surface area contributed by atoms with Crippen LogP contribution in [-0.4, -0.2) is 72.7 Å². The maximum absolute atomic E-state index is 12.6. The summed E-state index contributed by atoms with van der Waals surface area (Å²) in [4.78, 5) is 23.3. The van der Waals surface area contributed by atoms with Crippen LogP contribution < -0.4 is 10.5 Å². The number of carbonyl (C=O) groups is 1. The van der Waals surface area contributed by atoms with Crippen LogP contribution in [0.3, 0.4) is 0 Å². The Kier molecular flexibility index (Phi) is 7.44. The van der Waals surface area contributed by atoms with E-state index in [1.165, 1.54) is 24.2 Å². The molecule has 2 N–H and O–H groups in total. The van der Waals surface area contributed by atoms with Gasteiger partial charge in [-0.1, -0.05) is 0 Å². The van der Waals surface area contributed by atoms with Gasteiger partial charge in [0.25, 0.3) is 0 Å². The summed E-state index contributed by atoms with van der Waals surface area (Å²) in [6.07, 6.45) is 2.36.